The minimum Gasteiger partial charge on any atom is -0.545 e. The number of hydrogen-bond acceptors (Lipinski definition) is 5. The average molecular weight is 368 g/mol. The zero-order valence-corrected chi connectivity index (χ0v) is 15.3. The fraction of sp³-hybridized carbons (Fsp3) is 0.211. The number of carboxylic acid groups (broad SMARTS) is 1. The van der Waals surface area contributed by atoms with Crippen molar-refractivity contribution in [1.82, 2.24) is 9.47 Å². The number of likely N-dealkylation sites (N-methyl/N-ethyl adjacent to an activating group) is 1. The van der Waals surface area contributed by atoms with Crippen LogP contribution in [0.3, 0.4) is 0 Å². The summed E-state index contributed by atoms with van der Waals surface area (Å²) in [4.78, 5) is 30.3. The molecule has 1 aromatic carbocycles. The van der Waals surface area contributed by atoms with Crippen LogP contribution in [0.5, 0.6) is 0 Å². The number of aromatic carboxylic acids is 1. The zero-order chi connectivity index (χ0) is 18.7. The van der Waals surface area contributed by atoms with Gasteiger partial charge in [0.05, 0.1) is 10.9 Å². The van der Waals surface area contributed by atoms with E-state index in [2.05, 4.69) is 4.99 Å². The van der Waals surface area contributed by atoms with Gasteiger partial charge in [0.15, 0.2) is 5.17 Å². The molecule has 2 aromatic rings. The predicted octanol–water partition coefficient (Wildman–Crippen LogP) is 2.15. The van der Waals surface area contributed by atoms with Crippen LogP contribution in [-0.2, 0) is 4.79 Å². The maximum Gasteiger partial charge on any atom is 0.266 e. The molecule has 0 atom stereocenters. The van der Waals surface area contributed by atoms with Gasteiger partial charge in [-0.1, -0.05) is 12.1 Å². The van der Waals surface area contributed by atoms with E-state index < -0.39 is 5.97 Å². The van der Waals surface area contributed by atoms with E-state index in [4.69, 9.17) is 0 Å². The van der Waals surface area contributed by atoms with Crippen molar-refractivity contribution in [1.29, 1.82) is 0 Å². The van der Waals surface area contributed by atoms with E-state index in [9.17, 15) is 14.7 Å². The van der Waals surface area contributed by atoms with Gasteiger partial charge in [-0.25, -0.2) is 0 Å². The summed E-state index contributed by atoms with van der Waals surface area (Å²) >= 11 is 1.36. The molecule has 134 valence electrons. The summed E-state index contributed by atoms with van der Waals surface area (Å²) in [7, 11) is 0. The van der Waals surface area contributed by atoms with E-state index in [1.165, 1.54) is 17.8 Å². The molecule has 1 aromatic heterocycles. The summed E-state index contributed by atoms with van der Waals surface area (Å²) in [5.41, 5.74) is 1.58. The number of carbonyl (C=O) groups is 2. The third kappa shape index (κ3) is 3.43. The van der Waals surface area contributed by atoms with E-state index >= 15 is 0 Å². The number of amidine groups is 1. The number of rotatable bonds is 5. The molecule has 3 rings (SSSR count). The molecule has 0 radical (unpaired) electrons. The predicted molar refractivity (Wildman–Crippen MR) is 101 cm³/mol. The molecular formula is C19H18N3O3S-. The maximum absolute atomic E-state index is 12.6. The fourth-order valence-corrected chi connectivity index (χ4v) is 3.79. The summed E-state index contributed by atoms with van der Waals surface area (Å²) in [6.07, 6.45) is 3.63. The molecule has 0 aliphatic carbocycles. The van der Waals surface area contributed by atoms with Crippen LogP contribution in [0, 0.1) is 0 Å². The molecule has 0 bridgehead atoms. The first-order valence-electron chi connectivity index (χ1n) is 8.30. The van der Waals surface area contributed by atoms with Crippen LogP contribution >= 0.6 is 11.8 Å². The number of aromatic nitrogens is 1. The van der Waals surface area contributed by atoms with Gasteiger partial charge in [-0.2, -0.15) is 0 Å². The smallest absolute Gasteiger partial charge is 0.266 e. The summed E-state index contributed by atoms with van der Waals surface area (Å²) in [6.45, 7) is 5.03. The first-order chi connectivity index (χ1) is 12.5. The SMILES string of the molecule is CCN=C1S/C(=C\c2cccn2-c2cccc(C(=O)[O-])c2)C(=O)N1CC. The number of aliphatic imine (C=N–C) groups is 1. The topological polar surface area (TPSA) is 77.7 Å². The van der Waals surface area contributed by atoms with Crippen molar-refractivity contribution in [3.63, 3.8) is 0 Å². The second kappa shape index (κ2) is 7.61. The lowest BCUT2D eigenvalue weighted by Crippen LogP contribution is -2.28. The number of nitrogens with zero attached hydrogens (tertiary/aromatic N) is 3. The Morgan fingerprint density at radius 2 is 2.08 bits per heavy atom. The standard InChI is InChI=1S/C19H19N3O3S/c1-3-20-19-21(4-2)17(23)16(26-19)12-15-9-6-10-22(15)14-8-5-7-13(11-14)18(24)25/h5-12H,3-4H2,1-2H3,(H,24,25)/p-1/b16-12-,20-19?. The molecule has 6 nitrogen and oxygen atoms in total. The van der Waals surface area contributed by atoms with Gasteiger partial charge in [0.25, 0.3) is 5.91 Å². The maximum atomic E-state index is 12.6. The Hall–Kier alpha value is -2.80. The molecular weight excluding hydrogens is 350 g/mol. The second-order valence-corrected chi connectivity index (χ2v) is 6.57. The summed E-state index contributed by atoms with van der Waals surface area (Å²) < 4.78 is 1.83. The summed E-state index contributed by atoms with van der Waals surface area (Å²) in [5, 5.41) is 11.8. The van der Waals surface area contributed by atoms with Crippen LogP contribution in [0.2, 0.25) is 0 Å². The molecule has 2 heterocycles. The number of benzene rings is 1. The monoisotopic (exact) mass is 368 g/mol. The number of hydrogen-bond donors (Lipinski definition) is 0. The van der Waals surface area contributed by atoms with E-state index in [0.717, 1.165) is 5.69 Å². The van der Waals surface area contributed by atoms with Gasteiger partial charge in [-0.05, 0) is 61.5 Å². The number of amides is 1. The molecule has 0 N–H and O–H groups in total. The molecule has 7 heteroatoms. The van der Waals surface area contributed by atoms with Crippen LogP contribution in [0.15, 0.2) is 52.5 Å². The highest BCUT2D eigenvalue weighted by Crippen LogP contribution is 2.32. The van der Waals surface area contributed by atoms with Gasteiger partial charge in [0.2, 0.25) is 0 Å². The normalized spacial score (nSPS) is 17.5. The summed E-state index contributed by atoms with van der Waals surface area (Å²) in [5.74, 6) is -1.29. The van der Waals surface area contributed by atoms with Gasteiger partial charge < -0.3 is 14.5 Å². The van der Waals surface area contributed by atoms with E-state index in [-0.39, 0.29) is 11.5 Å². The van der Waals surface area contributed by atoms with Crippen LogP contribution < -0.4 is 5.11 Å². The number of carboxylic acids is 1. The van der Waals surface area contributed by atoms with E-state index in [1.54, 1.807) is 29.2 Å². The van der Waals surface area contributed by atoms with Crippen molar-refractivity contribution >= 4 is 34.9 Å². The molecule has 0 unspecified atom stereocenters. The number of carbonyl (C=O) groups excluding carboxylic acids is 2. The van der Waals surface area contributed by atoms with Gasteiger partial charge in [-0.15, -0.1) is 0 Å². The Bertz CT molecular complexity index is 914. The molecule has 1 amide bonds. The Morgan fingerprint density at radius 1 is 1.27 bits per heavy atom. The zero-order valence-electron chi connectivity index (χ0n) is 14.5. The third-order valence-electron chi connectivity index (χ3n) is 3.92. The highest BCUT2D eigenvalue weighted by Gasteiger charge is 2.32. The summed E-state index contributed by atoms with van der Waals surface area (Å²) in [6, 6.07) is 10.2. The third-order valence-corrected chi connectivity index (χ3v) is 4.96. The second-order valence-electron chi connectivity index (χ2n) is 5.56. The van der Waals surface area contributed by atoms with E-state index in [0.29, 0.717) is 28.8 Å². The first-order valence-corrected chi connectivity index (χ1v) is 9.11. The van der Waals surface area contributed by atoms with Crippen LogP contribution in [-0.4, -0.2) is 39.6 Å². The number of thioether (sulfide) groups is 1. The fourth-order valence-electron chi connectivity index (χ4n) is 2.70. The van der Waals surface area contributed by atoms with Crippen molar-refractivity contribution in [2.24, 2.45) is 4.99 Å². The van der Waals surface area contributed by atoms with Crippen molar-refractivity contribution in [3.05, 3.63) is 58.8 Å². The van der Waals surface area contributed by atoms with Crippen LogP contribution in [0.1, 0.15) is 29.9 Å². The highest BCUT2D eigenvalue weighted by molar-refractivity contribution is 8.18. The Morgan fingerprint density at radius 3 is 2.77 bits per heavy atom. The minimum absolute atomic E-state index is 0.0686. The minimum atomic E-state index is -1.22. The highest BCUT2D eigenvalue weighted by atomic mass is 32.2. The van der Waals surface area contributed by atoms with Crippen LogP contribution in [0.4, 0.5) is 0 Å². The molecule has 1 aliphatic heterocycles. The Labute approximate surface area is 155 Å². The van der Waals surface area contributed by atoms with Crippen molar-refractivity contribution in [2.45, 2.75) is 13.8 Å². The van der Waals surface area contributed by atoms with Gasteiger partial charge in [0, 0.05) is 30.7 Å². The van der Waals surface area contributed by atoms with E-state index in [1.807, 2.05) is 36.7 Å². The van der Waals surface area contributed by atoms with Gasteiger partial charge in [0.1, 0.15) is 0 Å². The molecule has 1 saturated heterocycles. The molecule has 0 spiro atoms. The van der Waals surface area contributed by atoms with Gasteiger partial charge in [-0.3, -0.25) is 14.7 Å². The lowest BCUT2D eigenvalue weighted by Gasteiger charge is -2.11. The molecule has 26 heavy (non-hydrogen) atoms. The first kappa shape index (κ1) is 18.0. The van der Waals surface area contributed by atoms with Crippen LogP contribution in [0.25, 0.3) is 11.8 Å². The average Bonchev–Trinajstić information content (AvgIpc) is 3.20. The molecule has 1 aliphatic rings. The molecule has 0 saturated carbocycles. The lowest BCUT2D eigenvalue weighted by atomic mass is 10.2. The van der Waals surface area contributed by atoms with Crippen molar-refractivity contribution < 1.29 is 14.7 Å². The van der Waals surface area contributed by atoms with Crippen molar-refractivity contribution in [3.8, 4) is 5.69 Å². The largest absolute Gasteiger partial charge is 0.545 e. The quantitative estimate of drug-likeness (QED) is 0.758. The molecule has 1 fully saturated rings. The Balaban J connectivity index is 1.98. The van der Waals surface area contributed by atoms with Crippen molar-refractivity contribution in [2.75, 3.05) is 13.1 Å². The lowest BCUT2D eigenvalue weighted by molar-refractivity contribution is -0.255. The van der Waals surface area contributed by atoms with Gasteiger partial charge >= 0.3 is 0 Å². The Kier molecular flexibility index (Phi) is 5.27.